The summed E-state index contributed by atoms with van der Waals surface area (Å²) in [6, 6.07) is 17.8. The average Bonchev–Trinajstić information content (AvgIpc) is 3.18. The summed E-state index contributed by atoms with van der Waals surface area (Å²) in [6.07, 6.45) is 1.40. The molecule has 0 atom stereocenters. The van der Waals surface area contributed by atoms with Gasteiger partial charge in [0.2, 0.25) is 5.91 Å². The average molecular weight is 371 g/mol. The molecule has 0 fully saturated rings. The highest BCUT2D eigenvalue weighted by Gasteiger charge is 2.12. The van der Waals surface area contributed by atoms with Crippen LogP contribution in [0.2, 0.25) is 0 Å². The first-order chi connectivity index (χ1) is 13.6. The van der Waals surface area contributed by atoms with Crippen LogP contribution < -0.4 is 10.9 Å². The van der Waals surface area contributed by atoms with E-state index < -0.39 is 11.5 Å². The monoisotopic (exact) mass is 371 g/mol. The van der Waals surface area contributed by atoms with Gasteiger partial charge in [0.15, 0.2) is 5.69 Å². The number of hydrogen-bond acceptors (Lipinski definition) is 6. The molecule has 0 radical (unpaired) electrons. The Morgan fingerprint density at radius 1 is 1.18 bits per heavy atom. The van der Waals surface area contributed by atoms with Crippen LogP contribution in [0.1, 0.15) is 6.42 Å². The smallest absolute Gasteiger partial charge is 0.362 e. The summed E-state index contributed by atoms with van der Waals surface area (Å²) in [5, 5.41) is 19.9. The van der Waals surface area contributed by atoms with Gasteiger partial charge in [0.25, 0.3) is 0 Å². The van der Waals surface area contributed by atoms with Gasteiger partial charge in [0.1, 0.15) is 17.7 Å². The lowest BCUT2D eigenvalue weighted by atomic mass is 10.2. The van der Waals surface area contributed by atoms with Gasteiger partial charge in [-0.05, 0) is 18.2 Å². The largest absolute Gasteiger partial charge is 0.421 e. The van der Waals surface area contributed by atoms with E-state index in [1.807, 2.05) is 30.3 Å². The summed E-state index contributed by atoms with van der Waals surface area (Å²) in [5.74, 6) is -0.433. The number of carbonyl (C=O) groups is 1. The van der Waals surface area contributed by atoms with E-state index >= 15 is 0 Å². The maximum Gasteiger partial charge on any atom is 0.362 e. The topological polar surface area (TPSA) is 114 Å². The number of nitriles is 1. The van der Waals surface area contributed by atoms with Crippen molar-refractivity contribution in [2.75, 3.05) is 5.32 Å². The quantitative estimate of drug-likeness (QED) is 0.552. The molecular formula is C20H13N5O3. The van der Waals surface area contributed by atoms with Crippen LogP contribution in [0.15, 0.2) is 70.0 Å². The first-order valence-electron chi connectivity index (χ1n) is 8.37. The maximum atomic E-state index is 12.4. The lowest BCUT2D eigenvalue weighted by Crippen LogP contribution is -2.12. The van der Waals surface area contributed by atoms with Crippen LogP contribution in [0.3, 0.4) is 0 Å². The lowest BCUT2D eigenvalue weighted by molar-refractivity contribution is -0.115. The fraction of sp³-hybridized carbons (Fsp3) is 0.0500. The minimum absolute atomic E-state index is 0.225. The van der Waals surface area contributed by atoms with Gasteiger partial charge in [0.05, 0.1) is 12.3 Å². The molecule has 0 unspecified atom stereocenters. The molecule has 0 aliphatic rings. The Labute approximate surface area is 158 Å². The normalized spacial score (nSPS) is 10.5. The van der Waals surface area contributed by atoms with Crippen molar-refractivity contribution in [1.82, 2.24) is 15.0 Å². The number of nitrogens with zero attached hydrogens (tertiary/aromatic N) is 4. The highest BCUT2D eigenvalue weighted by molar-refractivity contribution is 5.94. The van der Waals surface area contributed by atoms with E-state index in [-0.39, 0.29) is 12.1 Å². The fourth-order valence-corrected chi connectivity index (χ4v) is 2.74. The van der Waals surface area contributed by atoms with Crippen molar-refractivity contribution in [3.8, 4) is 23.0 Å². The van der Waals surface area contributed by atoms with Crippen LogP contribution >= 0.6 is 0 Å². The second kappa shape index (κ2) is 7.17. The van der Waals surface area contributed by atoms with Gasteiger partial charge in [-0.3, -0.25) is 4.79 Å². The summed E-state index contributed by atoms with van der Waals surface area (Å²) < 4.78 is 6.76. The van der Waals surface area contributed by atoms with E-state index in [0.717, 1.165) is 5.56 Å². The van der Waals surface area contributed by atoms with Gasteiger partial charge in [-0.2, -0.15) is 5.26 Å². The van der Waals surface area contributed by atoms with Crippen LogP contribution in [-0.4, -0.2) is 20.9 Å². The fourth-order valence-electron chi connectivity index (χ4n) is 2.74. The number of carbonyl (C=O) groups excluding carboxylic acids is 1. The molecule has 8 nitrogen and oxygen atoms in total. The van der Waals surface area contributed by atoms with E-state index in [1.54, 1.807) is 30.5 Å². The number of rotatable bonds is 4. The zero-order chi connectivity index (χ0) is 19.5. The molecule has 0 aliphatic heterocycles. The third-order valence-electron chi connectivity index (χ3n) is 4.05. The van der Waals surface area contributed by atoms with E-state index in [0.29, 0.717) is 22.4 Å². The predicted molar refractivity (Wildman–Crippen MR) is 102 cm³/mol. The Hall–Kier alpha value is -4.25. The summed E-state index contributed by atoms with van der Waals surface area (Å²) in [4.78, 5) is 24.0. The number of aromatic nitrogens is 3. The minimum Gasteiger partial charge on any atom is -0.421 e. The predicted octanol–water partition coefficient (Wildman–Crippen LogP) is 2.89. The van der Waals surface area contributed by atoms with Gasteiger partial charge >= 0.3 is 5.63 Å². The van der Waals surface area contributed by atoms with Crippen LogP contribution in [0.25, 0.3) is 27.9 Å². The molecule has 136 valence electrons. The zero-order valence-corrected chi connectivity index (χ0v) is 14.5. The molecule has 2 aromatic carbocycles. The Balaban J connectivity index is 1.69. The van der Waals surface area contributed by atoms with E-state index in [9.17, 15) is 9.59 Å². The highest BCUT2D eigenvalue weighted by atomic mass is 16.4. The molecule has 0 saturated heterocycles. The Kier molecular flexibility index (Phi) is 4.40. The molecule has 0 bridgehead atoms. The zero-order valence-electron chi connectivity index (χ0n) is 14.5. The van der Waals surface area contributed by atoms with E-state index in [2.05, 4.69) is 15.6 Å². The summed E-state index contributed by atoms with van der Waals surface area (Å²) >= 11 is 0. The molecule has 0 aliphatic carbocycles. The van der Waals surface area contributed by atoms with Crippen molar-refractivity contribution in [3.05, 3.63) is 71.2 Å². The number of amides is 1. The van der Waals surface area contributed by atoms with E-state index in [4.69, 9.17) is 9.68 Å². The molecule has 2 aromatic heterocycles. The van der Waals surface area contributed by atoms with Gasteiger partial charge in [0, 0.05) is 22.7 Å². The van der Waals surface area contributed by atoms with Gasteiger partial charge in [-0.1, -0.05) is 35.5 Å². The molecule has 0 saturated carbocycles. The lowest BCUT2D eigenvalue weighted by Gasteiger charge is -2.05. The van der Waals surface area contributed by atoms with Crippen LogP contribution in [0.4, 0.5) is 5.69 Å². The molecule has 2 heterocycles. The van der Waals surface area contributed by atoms with Crippen molar-refractivity contribution in [2.45, 2.75) is 6.42 Å². The number of hydrogen-bond donors (Lipinski definition) is 1. The Morgan fingerprint density at radius 2 is 2.00 bits per heavy atom. The SMILES string of the molecule is N#CCC(=O)Nc1ccc2cc(-n3cc(-c4ccccc4)nn3)c(=O)oc2c1. The first kappa shape index (κ1) is 17.2. The maximum absolute atomic E-state index is 12.4. The standard InChI is InChI=1S/C20H13N5O3/c21-9-8-19(26)22-15-7-6-14-10-17(20(27)28-18(14)11-15)25-12-16(23-24-25)13-4-2-1-3-5-13/h1-7,10-12H,8H2,(H,22,26). The van der Waals surface area contributed by atoms with E-state index in [1.165, 1.54) is 10.7 Å². The molecule has 0 spiro atoms. The number of fused-ring (bicyclic) bond motifs is 1. The summed E-state index contributed by atoms with van der Waals surface area (Å²) in [5.41, 5.74) is 1.91. The van der Waals surface area contributed by atoms with Gasteiger partial charge in [-0.25, -0.2) is 9.48 Å². The molecular weight excluding hydrogens is 358 g/mol. The van der Waals surface area contributed by atoms with Crippen molar-refractivity contribution in [3.63, 3.8) is 0 Å². The number of anilines is 1. The summed E-state index contributed by atoms with van der Waals surface area (Å²) in [7, 11) is 0. The third-order valence-corrected chi connectivity index (χ3v) is 4.05. The van der Waals surface area contributed by atoms with Gasteiger partial charge < -0.3 is 9.73 Å². The second-order valence-corrected chi connectivity index (χ2v) is 5.97. The molecule has 4 aromatic rings. The Bertz CT molecular complexity index is 1270. The second-order valence-electron chi connectivity index (χ2n) is 5.97. The molecule has 1 amide bonds. The van der Waals surface area contributed by atoms with Crippen molar-refractivity contribution >= 4 is 22.6 Å². The first-order valence-corrected chi connectivity index (χ1v) is 8.37. The minimum atomic E-state index is -0.586. The number of benzene rings is 2. The summed E-state index contributed by atoms with van der Waals surface area (Å²) in [6.45, 7) is 0. The van der Waals surface area contributed by atoms with Gasteiger partial charge in [-0.15, -0.1) is 5.10 Å². The van der Waals surface area contributed by atoms with Crippen molar-refractivity contribution < 1.29 is 9.21 Å². The molecule has 8 heteroatoms. The third kappa shape index (κ3) is 3.37. The van der Waals surface area contributed by atoms with Crippen LogP contribution in [0, 0.1) is 11.3 Å². The Morgan fingerprint density at radius 3 is 2.79 bits per heavy atom. The number of nitrogens with one attached hydrogen (secondary N) is 1. The van der Waals surface area contributed by atoms with Crippen molar-refractivity contribution in [1.29, 1.82) is 5.26 Å². The van der Waals surface area contributed by atoms with Crippen LogP contribution in [0.5, 0.6) is 0 Å². The molecule has 28 heavy (non-hydrogen) atoms. The van der Waals surface area contributed by atoms with Crippen LogP contribution in [-0.2, 0) is 4.79 Å². The molecule has 1 N–H and O–H groups in total. The molecule has 4 rings (SSSR count). The van der Waals surface area contributed by atoms with Crippen molar-refractivity contribution in [2.24, 2.45) is 0 Å². The highest BCUT2D eigenvalue weighted by Crippen LogP contribution is 2.21.